The maximum absolute atomic E-state index is 12.2. The van der Waals surface area contributed by atoms with E-state index < -0.39 is 0 Å². The molecule has 1 aliphatic rings. The van der Waals surface area contributed by atoms with Crippen molar-refractivity contribution in [1.82, 2.24) is 10.2 Å². The lowest BCUT2D eigenvalue weighted by Crippen LogP contribution is -2.39. The van der Waals surface area contributed by atoms with Crippen molar-refractivity contribution in [2.75, 3.05) is 26.2 Å². The molecule has 1 aliphatic heterocycles. The number of nitrogens with one attached hydrogen (secondary N) is 1. The van der Waals surface area contributed by atoms with E-state index in [4.69, 9.17) is 17.3 Å². The molecular weight excluding hydrogens is 286 g/mol. The average Bonchev–Trinajstić information content (AvgIpc) is 2.81. The Labute approximate surface area is 131 Å². The molecule has 0 aliphatic carbocycles. The molecule has 0 radical (unpaired) electrons. The van der Waals surface area contributed by atoms with Gasteiger partial charge in [-0.1, -0.05) is 36.7 Å². The van der Waals surface area contributed by atoms with Crippen LogP contribution in [0.15, 0.2) is 24.3 Å². The summed E-state index contributed by atoms with van der Waals surface area (Å²) in [5.74, 6) is 0.0312. The highest BCUT2D eigenvalue weighted by atomic mass is 35.5. The zero-order chi connectivity index (χ0) is 15.5. The minimum atomic E-state index is -0.0882. The number of rotatable bonds is 5. The molecule has 116 valence electrons. The summed E-state index contributed by atoms with van der Waals surface area (Å²) in [6.45, 7) is 7.04. The molecule has 0 saturated carbocycles. The lowest BCUT2D eigenvalue weighted by molar-refractivity contribution is -0.122. The van der Waals surface area contributed by atoms with Gasteiger partial charge in [-0.2, -0.15) is 0 Å². The summed E-state index contributed by atoms with van der Waals surface area (Å²) in [6.07, 6.45) is 1.05. The minimum Gasteiger partial charge on any atom is -0.348 e. The molecule has 0 spiro atoms. The molecule has 1 heterocycles. The van der Waals surface area contributed by atoms with Crippen molar-refractivity contribution in [3.05, 3.63) is 34.9 Å². The molecule has 4 nitrogen and oxygen atoms in total. The first-order valence-electron chi connectivity index (χ1n) is 7.40. The fraction of sp³-hybridized carbons (Fsp3) is 0.562. The van der Waals surface area contributed by atoms with Gasteiger partial charge in [0.1, 0.15) is 0 Å². The van der Waals surface area contributed by atoms with E-state index in [2.05, 4.69) is 17.1 Å². The predicted octanol–water partition coefficient (Wildman–Crippen LogP) is 2.19. The number of benzene rings is 1. The van der Waals surface area contributed by atoms with Crippen LogP contribution in [-0.4, -0.2) is 37.0 Å². The molecule has 2 atom stereocenters. The number of hydrogen-bond acceptors (Lipinski definition) is 3. The molecule has 1 aromatic carbocycles. The smallest absolute Gasteiger partial charge is 0.234 e. The maximum atomic E-state index is 12.2. The van der Waals surface area contributed by atoms with Crippen LogP contribution in [0.4, 0.5) is 0 Å². The van der Waals surface area contributed by atoms with E-state index in [0.717, 1.165) is 25.1 Å². The van der Waals surface area contributed by atoms with E-state index in [1.54, 1.807) is 0 Å². The summed E-state index contributed by atoms with van der Waals surface area (Å²) in [6, 6.07) is 7.51. The third-order valence-electron chi connectivity index (χ3n) is 4.25. The lowest BCUT2D eigenvalue weighted by atomic mass is 9.90. The molecule has 1 saturated heterocycles. The first kappa shape index (κ1) is 16.3. The highest BCUT2D eigenvalue weighted by molar-refractivity contribution is 6.31. The second kappa shape index (κ2) is 6.77. The second-order valence-electron chi connectivity index (χ2n) is 6.29. The highest BCUT2D eigenvalue weighted by Crippen LogP contribution is 2.28. The van der Waals surface area contributed by atoms with Gasteiger partial charge >= 0.3 is 0 Å². The van der Waals surface area contributed by atoms with Gasteiger partial charge in [0.25, 0.3) is 0 Å². The fourth-order valence-corrected chi connectivity index (χ4v) is 3.12. The van der Waals surface area contributed by atoms with Gasteiger partial charge in [-0.3, -0.25) is 9.69 Å². The van der Waals surface area contributed by atoms with Crippen LogP contribution in [0, 0.1) is 5.41 Å². The topological polar surface area (TPSA) is 58.4 Å². The number of nitrogens with two attached hydrogens (primary N) is 1. The normalized spacial score (nSPS) is 24.0. The largest absolute Gasteiger partial charge is 0.348 e. The van der Waals surface area contributed by atoms with E-state index in [-0.39, 0.29) is 17.4 Å². The molecular formula is C16H24ClN3O. The third-order valence-corrected chi connectivity index (χ3v) is 4.59. The molecule has 3 N–H and O–H groups in total. The van der Waals surface area contributed by atoms with Gasteiger partial charge in [0, 0.05) is 11.6 Å². The first-order chi connectivity index (χ1) is 9.93. The summed E-state index contributed by atoms with van der Waals surface area (Å²) in [7, 11) is 0. The molecule has 0 bridgehead atoms. The molecule has 1 fully saturated rings. The number of carbonyl (C=O) groups excluding carboxylic acids is 1. The zero-order valence-electron chi connectivity index (χ0n) is 12.7. The predicted molar refractivity (Wildman–Crippen MR) is 86.2 cm³/mol. The Bertz CT molecular complexity index is 508. The van der Waals surface area contributed by atoms with Gasteiger partial charge in [-0.05, 0) is 43.5 Å². The van der Waals surface area contributed by atoms with Gasteiger partial charge in [-0.15, -0.1) is 0 Å². The number of hydrogen-bond donors (Lipinski definition) is 2. The first-order valence-corrected chi connectivity index (χ1v) is 7.77. The molecule has 0 aromatic heterocycles. The number of amides is 1. The van der Waals surface area contributed by atoms with Crippen molar-refractivity contribution >= 4 is 17.5 Å². The van der Waals surface area contributed by atoms with Crippen LogP contribution in [0.1, 0.15) is 31.9 Å². The SMILES string of the molecule is CC(NC(=O)CN1CCC(C)(CN)C1)c1ccccc1Cl. The zero-order valence-corrected chi connectivity index (χ0v) is 13.5. The van der Waals surface area contributed by atoms with Crippen LogP contribution < -0.4 is 11.1 Å². The Morgan fingerprint density at radius 1 is 1.52 bits per heavy atom. The van der Waals surface area contributed by atoms with E-state index in [1.165, 1.54) is 0 Å². The van der Waals surface area contributed by atoms with Crippen LogP contribution in [0.5, 0.6) is 0 Å². The van der Waals surface area contributed by atoms with Crippen molar-refractivity contribution in [3.8, 4) is 0 Å². The Hall–Kier alpha value is -1.10. The number of nitrogens with zero attached hydrogens (tertiary/aromatic N) is 1. The van der Waals surface area contributed by atoms with Crippen LogP contribution >= 0.6 is 11.6 Å². The maximum Gasteiger partial charge on any atom is 0.234 e. The Balaban J connectivity index is 1.87. The summed E-state index contributed by atoms with van der Waals surface area (Å²) < 4.78 is 0. The monoisotopic (exact) mass is 309 g/mol. The highest BCUT2D eigenvalue weighted by Gasteiger charge is 2.33. The van der Waals surface area contributed by atoms with Crippen molar-refractivity contribution < 1.29 is 4.79 Å². The van der Waals surface area contributed by atoms with E-state index in [1.807, 2.05) is 31.2 Å². The summed E-state index contributed by atoms with van der Waals surface area (Å²) in [4.78, 5) is 14.3. The third kappa shape index (κ3) is 4.19. The van der Waals surface area contributed by atoms with Crippen molar-refractivity contribution in [2.45, 2.75) is 26.3 Å². The van der Waals surface area contributed by atoms with Crippen molar-refractivity contribution in [1.29, 1.82) is 0 Å². The van der Waals surface area contributed by atoms with Gasteiger partial charge in [0.15, 0.2) is 0 Å². The minimum absolute atomic E-state index is 0.0312. The van der Waals surface area contributed by atoms with E-state index >= 15 is 0 Å². The lowest BCUT2D eigenvalue weighted by Gasteiger charge is -2.23. The Morgan fingerprint density at radius 3 is 2.86 bits per heavy atom. The van der Waals surface area contributed by atoms with Crippen LogP contribution in [-0.2, 0) is 4.79 Å². The van der Waals surface area contributed by atoms with Crippen molar-refractivity contribution in [3.63, 3.8) is 0 Å². The van der Waals surface area contributed by atoms with Crippen molar-refractivity contribution in [2.24, 2.45) is 11.1 Å². The second-order valence-corrected chi connectivity index (χ2v) is 6.69. The molecule has 5 heteroatoms. The van der Waals surface area contributed by atoms with E-state index in [0.29, 0.717) is 18.1 Å². The van der Waals surface area contributed by atoms with Gasteiger partial charge < -0.3 is 11.1 Å². The van der Waals surface area contributed by atoms with Gasteiger partial charge in [0.2, 0.25) is 5.91 Å². The molecule has 2 unspecified atom stereocenters. The number of likely N-dealkylation sites (tertiary alicyclic amines) is 1. The van der Waals surface area contributed by atoms with Gasteiger partial charge in [0.05, 0.1) is 12.6 Å². The van der Waals surface area contributed by atoms with Crippen LogP contribution in [0.3, 0.4) is 0 Å². The summed E-state index contributed by atoms with van der Waals surface area (Å²) in [5.41, 5.74) is 6.89. The average molecular weight is 310 g/mol. The molecule has 1 aromatic rings. The Morgan fingerprint density at radius 2 is 2.24 bits per heavy atom. The summed E-state index contributed by atoms with van der Waals surface area (Å²) >= 11 is 6.15. The Kier molecular flexibility index (Phi) is 5.25. The molecule has 1 amide bonds. The number of carbonyl (C=O) groups is 1. The van der Waals surface area contributed by atoms with Crippen LogP contribution in [0.25, 0.3) is 0 Å². The molecule has 2 rings (SSSR count). The van der Waals surface area contributed by atoms with E-state index in [9.17, 15) is 4.79 Å². The summed E-state index contributed by atoms with van der Waals surface area (Å²) in [5, 5.41) is 3.70. The molecule has 21 heavy (non-hydrogen) atoms. The quantitative estimate of drug-likeness (QED) is 0.876. The van der Waals surface area contributed by atoms with Gasteiger partial charge in [-0.25, -0.2) is 0 Å². The number of halogens is 1. The fourth-order valence-electron chi connectivity index (χ4n) is 2.82. The standard InChI is InChI=1S/C16H24ClN3O/c1-12(13-5-3-4-6-14(13)17)19-15(21)9-20-8-7-16(2,10-18)11-20/h3-6,12H,7-11,18H2,1-2H3,(H,19,21). The van der Waals surface area contributed by atoms with Crippen LogP contribution in [0.2, 0.25) is 5.02 Å².